The van der Waals surface area contributed by atoms with Crippen LogP contribution in [0.4, 0.5) is 0 Å². The Hall–Kier alpha value is -2.12. The molecule has 1 fully saturated rings. The van der Waals surface area contributed by atoms with E-state index >= 15 is 0 Å². The summed E-state index contributed by atoms with van der Waals surface area (Å²) in [6.45, 7) is 8.77. The van der Waals surface area contributed by atoms with Crippen LogP contribution in [0.3, 0.4) is 0 Å². The maximum atomic E-state index is 12.9. The van der Waals surface area contributed by atoms with Gasteiger partial charge in [-0.3, -0.25) is 5.10 Å². The third-order valence-electron chi connectivity index (χ3n) is 5.74. The van der Waals surface area contributed by atoms with Gasteiger partial charge < -0.3 is 4.57 Å². The van der Waals surface area contributed by atoms with E-state index in [0.29, 0.717) is 12.5 Å². The van der Waals surface area contributed by atoms with Gasteiger partial charge in [-0.1, -0.05) is 6.07 Å². The molecule has 0 amide bonds. The number of rotatable bonds is 4. The van der Waals surface area contributed by atoms with Crippen LogP contribution in [-0.4, -0.2) is 44.8 Å². The Kier molecular flexibility index (Phi) is 4.62. The van der Waals surface area contributed by atoms with E-state index in [9.17, 15) is 8.42 Å². The standard InChI is InChI=1S/C21H28N4O2S/c1-15-9-16(14-25(15)28(26,27)21(2,3)4)13-24-8-7-18-10-17(5-6-20(18)24)19-11-22-23-12-19/h5-8,10-12,15-16H,9,13-14H2,1-4H3,(H,22,23)/t15-,16+/m0/s1. The van der Waals surface area contributed by atoms with Crippen LogP contribution in [0.25, 0.3) is 22.0 Å². The molecule has 4 rings (SSSR count). The fraction of sp³-hybridized carbons (Fsp3) is 0.476. The summed E-state index contributed by atoms with van der Waals surface area (Å²) in [6.07, 6.45) is 6.71. The fourth-order valence-electron chi connectivity index (χ4n) is 4.15. The lowest BCUT2D eigenvalue weighted by Crippen LogP contribution is -2.44. The van der Waals surface area contributed by atoms with Gasteiger partial charge >= 0.3 is 0 Å². The smallest absolute Gasteiger partial charge is 0.219 e. The first kappa shape index (κ1) is 19.2. The molecule has 2 atom stereocenters. The maximum Gasteiger partial charge on any atom is 0.219 e. The Labute approximate surface area is 166 Å². The zero-order valence-corrected chi connectivity index (χ0v) is 17.7. The summed E-state index contributed by atoms with van der Waals surface area (Å²) in [6, 6.07) is 8.59. The number of H-pyrrole nitrogens is 1. The second kappa shape index (κ2) is 6.74. The van der Waals surface area contributed by atoms with Crippen molar-refractivity contribution in [1.82, 2.24) is 19.1 Å². The number of benzene rings is 1. The predicted octanol–water partition coefficient (Wildman–Crippen LogP) is 3.87. The zero-order chi connectivity index (χ0) is 20.1. The Morgan fingerprint density at radius 3 is 2.68 bits per heavy atom. The summed E-state index contributed by atoms with van der Waals surface area (Å²) in [5, 5.41) is 8.06. The van der Waals surface area contributed by atoms with E-state index in [1.807, 2.05) is 19.3 Å². The highest BCUT2D eigenvalue weighted by Crippen LogP contribution is 2.33. The molecule has 3 aromatic rings. The van der Waals surface area contributed by atoms with E-state index in [0.717, 1.165) is 24.1 Å². The van der Waals surface area contributed by atoms with E-state index in [-0.39, 0.29) is 6.04 Å². The summed E-state index contributed by atoms with van der Waals surface area (Å²) >= 11 is 0. The van der Waals surface area contributed by atoms with Crippen LogP contribution in [0.2, 0.25) is 0 Å². The van der Waals surface area contributed by atoms with Gasteiger partial charge in [0.05, 0.1) is 10.9 Å². The molecule has 28 heavy (non-hydrogen) atoms. The first-order valence-corrected chi connectivity index (χ1v) is 11.2. The van der Waals surface area contributed by atoms with Gasteiger partial charge in [0.2, 0.25) is 10.0 Å². The number of aromatic amines is 1. The molecule has 7 heteroatoms. The van der Waals surface area contributed by atoms with Gasteiger partial charge in [0.1, 0.15) is 0 Å². The lowest BCUT2D eigenvalue weighted by atomic mass is 10.1. The molecule has 1 N–H and O–H groups in total. The fourth-order valence-corrected chi connectivity index (χ4v) is 5.82. The normalized spacial score (nSPS) is 21.6. The van der Waals surface area contributed by atoms with Crippen molar-refractivity contribution in [3.05, 3.63) is 42.9 Å². The highest BCUT2D eigenvalue weighted by molar-refractivity contribution is 7.90. The number of fused-ring (bicyclic) bond motifs is 1. The molecule has 2 aromatic heterocycles. The second-order valence-corrected chi connectivity index (χ2v) is 11.5. The van der Waals surface area contributed by atoms with Crippen LogP contribution >= 0.6 is 0 Å². The van der Waals surface area contributed by atoms with Gasteiger partial charge in [0.15, 0.2) is 0 Å². The van der Waals surface area contributed by atoms with Gasteiger partial charge in [-0.05, 0) is 63.8 Å². The van der Waals surface area contributed by atoms with Crippen molar-refractivity contribution in [2.24, 2.45) is 5.92 Å². The van der Waals surface area contributed by atoms with E-state index in [1.165, 1.54) is 10.9 Å². The minimum Gasteiger partial charge on any atom is -0.347 e. The van der Waals surface area contributed by atoms with Gasteiger partial charge in [-0.2, -0.15) is 9.40 Å². The van der Waals surface area contributed by atoms with Gasteiger partial charge in [0, 0.05) is 48.0 Å². The molecule has 1 aromatic carbocycles. The highest BCUT2D eigenvalue weighted by Gasteiger charge is 2.43. The van der Waals surface area contributed by atoms with Crippen LogP contribution in [-0.2, 0) is 16.6 Å². The van der Waals surface area contributed by atoms with E-state index < -0.39 is 14.8 Å². The zero-order valence-electron chi connectivity index (χ0n) is 16.9. The van der Waals surface area contributed by atoms with Gasteiger partial charge in [-0.25, -0.2) is 8.42 Å². The van der Waals surface area contributed by atoms with E-state index in [1.54, 1.807) is 25.1 Å². The quantitative estimate of drug-likeness (QED) is 0.723. The van der Waals surface area contributed by atoms with Crippen molar-refractivity contribution in [3.63, 3.8) is 0 Å². The number of hydrogen-bond acceptors (Lipinski definition) is 3. The summed E-state index contributed by atoms with van der Waals surface area (Å²) in [5.74, 6) is 0.316. The molecule has 150 valence electrons. The molecular weight excluding hydrogens is 372 g/mol. The van der Waals surface area contributed by atoms with Crippen LogP contribution in [0.15, 0.2) is 42.9 Å². The van der Waals surface area contributed by atoms with Crippen molar-refractivity contribution in [3.8, 4) is 11.1 Å². The Morgan fingerprint density at radius 1 is 1.21 bits per heavy atom. The van der Waals surface area contributed by atoms with Crippen molar-refractivity contribution in [1.29, 1.82) is 0 Å². The van der Waals surface area contributed by atoms with Crippen molar-refractivity contribution in [2.75, 3.05) is 6.54 Å². The third kappa shape index (κ3) is 3.26. The maximum absolute atomic E-state index is 12.9. The second-order valence-electron chi connectivity index (χ2n) is 8.87. The largest absolute Gasteiger partial charge is 0.347 e. The van der Waals surface area contributed by atoms with Crippen LogP contribution in [0, 0.1) is 5.92 Å². The molecule has 1 saturated heterocycles. The van der Waals surface area contributed by atoms with Crippen molar-refractivity contribution < 1.29 is 8.42 Å². The Balaban J connectivity index is 1.54. The molecule has 0 saturated carbocycles. The summed E-state index contributed by atoms with van der Waals surface area (Å²) in [5.41, 5.74) is 3.38. The molecule has 3 heterocycles. The number of nitrogens with zero attached hydrogens (tertiary/aromatic N) is 3. The predicted molar refractivity (Wildman–Crippen MR) is 112 cm³/mol. The van der Waals surface area contributed by atoms with Crippen molar-refractivity contribution in [2.45, 2.75) is 51.4 Å². The number of aromatic nitrogens is 3. The van der Waals surface area contributed by atoms with Crippen molar-refractivity contribution >= 4 is 20.9 Å². The van der Waals surface area contributed by atoms with E-state index in [2.05, 4.69) is 45.2 Å². The SMILES string of the molecule is C[C@H]1C[C@H](Cn2ccc3cc(-c4cn[nH]c4)ccc32)CN1S(=O)(=O)C(C)(C)C. The van der Waals surface area contributed by atoms with Crippen LogP contribution in [0.5, 0.6) is 0 Å². The molecular formula is C21H28N4O2S. The van der Waals surface area contributed by atoms with Crippen LogP contribution in [0.1, 0.15) is 34.1 Å². The molecule has 0 aliphatic carbocycles. The third-order valence-corrected chi connectivity index (χ3v) is 8.42. The number of nitrogens with one attached hydrogen (secondary N) is 1. The highest BCUT2D eigenvalue weighted by atomic mass is 32.2. The molecule has 0 radical (unpaired) electrons. The molecule has 1 aliphatic heterocycles. The number of hydrogen-bond donors (Lipinski definition) is 1. The van der Waals surface area contributed by atoms with Gasteiger partial charge in [0.25, 0.3) is 0 Å². The van der Waals surface area contributed by atoms with E-state index in [4.69, 9.17) is 0 Å². The number of sulfonamides is 1. The molecule has 6 nitrogen and oxygen atoms in total. The average molecular weight is 401 g/mol. The first-order valence-electron chi connectivity index (χ1n) is 9.76. The minimum absolute atomic E-state index is 0.0451. The molecule has 0 bridgehead atoms. The lowest BCUT2D eigenvalue weighted by Gasteiger charge is -2.29. The molecule has 0 spiro atoms. The minimum atomic E-state index is -3.30. The summed E-state index contributed by atoms with van der Waals surface area (Å²) in [4.78, 5) is 0. The summed E-state index contributed by atoms with van der Waals surface area (Å²) in [7, 11) is -3.30. The van der Waals surface area contributed by atoms with Crippen LogP contribution < -0.4 is 0 Å². The monoisotopic (exact) mass is 400 g/mol. The summed E-state index contributed by atoms with van der Waals surface area (Å²) < 4.78 is 29.0. The lowest BCUT2D eigenvalue weighted by molar-refractivity contribution is 0.384. The molecule has 0 unspecified atom stereocenters. The topological polar surface area (TPSA) is 71.0 Å². The molecule has 1 aliphatic rings. The van der Waals surface area contributed by atoms with Gasteiger partial charge in [-0.15, -0.1) is 0 Å². The average Bonchev–Trinajstić information content (AvgIpc) is 3.34. The Bertz CT molecular complexity index is 1080. The first-order chi connectivity index (χ1) is 13.2. The Morgan fingerprint density at radius 2 is 2.00 bits per heavy atom.